The number of carbonyl (C=O) groups is 1. The van der Waals surface area contributed by atoms with E-state index in [1.807, 2.05) is 0 Å². The van der Waals surface area contributed by atoms with Crippen LogP contribution in [0.15, 0.2) is 4.34 Å². The number of hydrogen-bond acceptors (Lipinski definition) is 6. The Morgan fingerprint density at radius 1 is 1.12 bits per heavy atom. The van der Waals surface area contributed by atoms with Gasteiger partial charge in [0.2, 0.25) is 11.0 Å². The van der Waals surface area contributed by atoms with Crippen molar-refractivity contribution < 1.29 is 4.79 Å². The summed E-state index contributed by atoms with van der Waals surface area (Å²) in [6, 6.07) is 1.26. The molecular weight excluding hydrogens is 340 g/mol. The number of nitrogens with one attached hydrogen (secondary N) is 1. The largest absolute Gasteiger partial charge is 0.357 e. The fourth-order valence-electron chi connectivity index (χ4n) is 3.86. The minimum atomic E-state index is 0.233. The first-order chi connectivity index (χ1) is 11.6. The Labute approximate surface area is 153 Å². The molecule has 0 unspecified atom stereocenters. The van der Waals surface area contributed by atoms with Gasteiger partial charge in [-0.15, -0.1) is 10.2 Å². The van der Waals surface area contributed by atoms with Crippen LogP contribution in [0.5, 0.6) is 0 Å². The summed E-state index contributed by atoms with van der Waals surface area (Å²) < 4.78 is 0.888. The summed E-state index contributed by atoms with van der Waals surface area (Å²) in [4.78, 5) is 14.6. The summed E-state index contributed by atoms with van der Waals surface area (Å²) in [7, 11) is 0. The monoisotopic (exact) mass is 368 g/mol. The van der Waals surface area contributed by atoms with E-state index >= 15 is 0 Å². The van der Waals surface area contributed by atoms with Gasteiger partial charge in [-0.3, -0.25) is 4.79 Å². The second kappa shape index (κ2) is 8.52. The molecule has 1 N–H and O–H groups in total. The minimum absolute atomic E-state index is 0.233. The molecule has 1 aromatic heterocycles. The van der Waals surface area contributed by atoms with E-state index in [2.05, 4.69) is 34.3 Å². The van der Waals surface area contributed by atoms with Gasteiger partial charge in [-0.05, 0) is 46.0 Å². The number of aromatic nitrogens is 2. The van der Waals surface area contributed by atoms with E-state index in [0.717, 1.165) is 22.3 Å². The van der Waals surface area contributed by atoms with Gasteiger partial charge < -0.3 is 10.2 Å². The van der Waals surface area contributed by atoms with Crippen LogP contribution in [-0.4, -0.2) is 44.9 Å². The quantitative estimate of drug-likeness (QED) is 0.791. The average molecular weight is 369 g/mol. The number of amides is 1. The lowest BCUT2D eigenvalue weighted by molar-refractivity contribution is -0.134. The summed E-state index contributed by atoms with van der Waals surface area (Å²) in [5.41, 5.74) is 0. The molecule has 134 valence electrons. The second-order valence-corrected chi connectivity index (χ2v) is 9.27. The van der Waals surface area contributed by atoms with Crippen molar-refractivity contribution in [2.75, 3.05) is 11.1 Å². The van der Waals surface area contributed by atoms with Gasteiger partial charge in [0.1, 0.15) is 0 Å². The predicted octanol–water partition coefficient (Wildman–Crippen LogP) is 4.16. The van der Waals surface area contributed by atoms with Crippen molar-refractivity contribution >= 4 is 34.1 Å². The molecule has 1 saturated carbocycles. The number of nitrogens with zero attached hydrogens (tertiary/aromatic N) is 3. The van der Waals surface area contributed by atoms with Gasteiger partial charge in [-0.25, -0.2) is 0 Å². The second-order valence-electron chi connectivity index (χ2n) is 7.07. The highest BCUT2D eigenvalue weighted by Crippen LogP contribution is 2.30. The molecule has 1 aliphatic carbocycles. The molecule has 2 fully saturated rings. The van der Waals surface area contributed by atoms with E-state index < -0.39 is 0 Å². The van der Waals surface area contributed by atoms with Gasteiger partial charge in [0, 0.05) is 18.1 Å². The molecule has 1 aliphatic heterocycles. The van der Waals surface area contributed by atoms with Crippen molar-refractivity contribution in [2.45, 2.75) is 87.7 Å². The van der Waals surface area contributed by atoms with E-state index in [9.17, 15) is 4.79 Å². The SMILES string of the molecule is C[C@@H]1CCC[C@H](C)N1C(=O)CSc1nnc(NC2CCCCC2)s1. The highest BCUT2D eigenvalue weighted by atomic mass is 32.2. The molecule has 3 rings (SSSR count). The highest BCUT2D eigenvalue weighted by molar-refractivity contribution is 8.01. The Hall–Kier alpha value is -0.820. The zero-order valence-corrected chi connectivity index (χ0v) is 16.3. The van der Waals surface area contributed by atoms with Gasteiger partial charge in [0.05, 0.1) is 5.75 Å². The van der Waals surface area contributed by atoms with Gasteiger partial charge in [0.15, 0.2) is 4.34 Å². The fraction of sp³-hybridized carbons (Fsp3) is 0.824. The number of hydrogen-bond donors (Lipinski definition) is 1. The molecule has 1 aromatic rings. The van der Waals surface area contributed by atoms with Crippen LogP contribution >= 0.6 is 23.1 Å². The van der Waals surface area contributed by atoms with Crippen LogP contribution in [0.3, 0.4) is 0 Å². The molecule has 0 aromatic carbocycles. The summed E-state index contributed by atoms with van der Waals surface area (Å²) in [6.07, 6.45) is 9.88. The molecule has 0 bridgehead atoms. The molecule has 0 spiro atoms. The Morgan fingerprint density at radius 3 is 2.54 bits per heavy atom. The Bertz CT molecular complexity index is 534. The fourth-order valence-corrected chi connectivity index (χ4v) is 5.56. The van der Waals surface area contributed by atoms with Gasteiger partial charge >= 0.3 is 0 Å². The van der Waals surface area contributed by atoms with E-state index in [-0.39, 0.29) is 5.91 Å². The molecule has 1 amide bonds. The molecule has 2 heterocycles. The first-order valence-electron chi connectivity index (χ1n) is 9.17. The first kappa shape index (κ1) is 18.0. The van der Waals surface area contributed by atoms with Crippen LogP contribution in [0, 0.1) is 0 Å². The van der Waals surface area contributed by atoms with E-state index in [4.69, 9.17) is 0 Å². The Balaban J connectivity index is 1.48. The van der Waals surface area contributed by atoms with Crippen molar-refractivity contribution in [1.29, 1.82) is 0 Å². The van der Waals surface area contributed by atoms with Crippen molar-refractivity contribution in [1.82, 2.24) is 15.1 Å². The van der Waals surface area contributed by atoms with Crippen LogP contribution in [0.1, 0.15) is 65.2 Å². The third-order valence-corrected chi connectivity index (χ3v) is 7.11. The van der Waals surface area contributed by atoms with Crippen molar-refractivity contribution in [3.8, 4) is 0 Å². The van der Waals surface area contributed by atoms with Crippen molar-refractivity contribution in [2.24, 2.45) is 0 Å². The minimum Gasteiger partial charge on any atom is -0.357 e. The molecule has 2 aliphatic rings. The zero-order chi connectivity index (χ0) is 16.9. The van der Waals surface area contributed by atoms with Gasteiger partial charge in [-0.2, -0.15) is 0 Å². The summed E-state index contributed by atoms with van der Waals surface area (Å²) in [5.74, 6) is 0.698. The van der Waals surface area contributed by atoms with Crippen LogP contribution in [0.2, 0.25) is 0 Å². The standard InChI is InChI=1S/C17H28N4OS2/c1-12-7-6-8-13(2)21(12)15(22)11-23-17-20-19-16(24-17)18-14-9-4-3-5-10-14/h12-14H,3-11H2,1-2H3,(H,18,19)/t12-,13+. The lowest BCUT2D eigenvalue weighted by atomic mass is 9.96. The molecule has 5 nitrogen and oxygen atoms in total. The average Bonchev–Trinajstić information content (AvgIpc) is 3.01. The number of likely N-dealkylation sites (tertiary alicyclic amines) is 1. The molecule has 24 heavy (non-hydrogen) atoms. The zero-order valence-electron chi connectivity index (χ0n) is 14.7. The van der Waals surface area contributed by atoms with Crippen LogP contribution in [-0.2, 0) is 4.79 Å². The number of piperidine rings is 1. The smallest absolute Gasteiger partial charge is 0.233 e. The molecule has 0 radical (unpaired) electrons. The van der Waals surface area contributed by atoms with Crippen LogP contribution in [0.4, 0.5) is 5.13 Å². The number of carbonyl (C=O) groups excluding carboxylic acids is 1. The number of thioether (sulfide) groups is 1. The third-order valence-electron chi connectivity index (χ3n) is 5.14. The maximum absolute atomic E-state index is 12.6. The lowest BCUT2D eigenvalue weighted by Crippen LogP contribution is -2.48. The van der Waals surface area contributed by atoms with Crippen molar-refractivity contribution in [3.63, 3.8) is 0 Å². The Morgan fingerprint density at radius 2 is 1.83 bits per heavy atom. The van der Waals surface area contributed by atoms with Gasteiger partial charge in [-0.1, -0.05) is 42.4 Å². The molecule has 7 heteroatoms. The van der Waals surface area contributed by atoms with Gasteiger partial charge in [0.25, 0.3) is 0 Å². The molecule has 2 atom stereocenters. The van der Waals surface area contributed by atoms with Crippen molar-refractivity contribution in [3.05, 3.63) is 0 Å². The number of rotatable bonds is 5. The maximum atomic E-state index is 12.6. The summed E-state index contributed by atoms with van der Waals surface area (Å²) in [5, 5.41) is 12.9. The topological polar surface area (TPSA) is 58.1 Å². The molecular formula is C17H28N4OS2. The van der Waals surface area contributed by atoms with E-state index in [1.165, 1.54) is 50.3 Å². The van der Waals surface area contributed by atoms with Crippen LogP contribution < -0.4 is 5.32 Å². The highest BCUT2D eigenvalue weighted by Gasteiger charge is 2.28. The first-order valence-corrected chi connectivity index (χ1v) is 11.0. The van der Waals surface area contributed by atoms with E-state index in [1.54, 1.807) is 11.3 Å². The maximum Gasteiger partial charge on any atom is 0.233 e. The predicted molar refractivity (Wildman–Crippen MR) is 101 cm³/mol. The Kier molecular flexibility index (Phi) is 6.38. The van der Waals surface area contributed by atoms with E-state index in [0.29, 0.717) is 23.9 Å². The summed E-state index contributed by atoms with van der Waals surface area (Å²) in [6.45, 7) is 4.32. The molecule has 1 saturated heterocycles. The third kappa shape index (κ3) is 4.63. The lowest BCUT2D eigenvalue weighted by Gasteiger charge is -2.39. The summed E-state index contributed by atoms with van der Waals surface area (Å²) >= 11 is 3.10. The number of anilines is 1. The normalized spacial score (nSPS) is 25.7. The van der Waals surface area contributed by atoms with Crippen LogP contribution in [0.25, 0.3) is 0 Å².